The molecular weight excluding hydrogens is 310 g/mol. The van der Waals surface area contributed by atoms with E-state index in [4.69, 9.17) is 17.3 Å². The maximum atomic E-state index is 12.4. The molecule has 1 unspecified atom stereocenters. The minimum atomic E-state index is -2.95. The fourth-order valence-corrected chi connectivity index (χ4v) is 2.76. The minimum Gasteiger partial charge on any atom is -0.399 e. The van der Waals surface area contributed by atoms with Crippen molar-refractivity contribution in [2.24, 2.45) is 0 Å². The highest BCUT2D eigenvalue weighted by Gasteiger charge is 2.11. The van der Waals surface area contributed by atoms with Gasteiger partial charge in [-0.1, -0.05) is 11.6 Å². The van der Waals surface area contributed by atoms with Gasteiger partial charge in [0.2, 0.25) is 0 Å². The van der Waals surface area contributed by atoms with Crippen LogP contribution in [0.2, 0.25) is 5.02 Å². The van der Waals surface area contributed by atoms with Crippen molar-refractivity contribution < 1.29 is 9.00 Å². The predicted molar refractivity (Wildman–Crippen MR) is 88.0 cm³/mol. The molecule has 0 fully saturated rings. The van der Waals surface area contributed by atoms with Gasteiger partial charge >= 0.3 is 6.03 Å². The summed E-state index contributed by atoms with van der Waals surface area (Å²) >= 11 is 5.75. The molecule has 0 aliphatic carbocycles. The number of nitrogen functional groups attached to an aromatic ring is 1. The van der Waals surface area contributed by atoms with Crippen LogP contribution in [0.4, 0.5) is 16.2 Å². The van der Waals surface area contributed by atoms with Crippen molar-refractivity contribution >= 4 is 44.6 Å². The minimum absolute atomic E-state index is 0.392. The molecule has 0 bridgehead atoms. The fraction of sp³-hybridized carbons (Fsp3) is 0. The number of hydrogen-bond acceptors (Lipinski definition) is 3. The van der Waals surface area contributed by atoms with Gasteiger partial charge in [-0.15, -0.1) is 0 Å². The van der Waals surface area contributed by atoms with Gasteiger partial charge in [0.05, 0.1) is 9.71 Å². The van der Waals surface area contributed by atoms with Gasteiger partial charge in [-0.05, 0) is 54.4 Å². The zero-order valence-corrected chi connectivity index (χ0v) is 12.6. The van der Waals surface area contributed by atoms with Gasteiger partial charge < -0.3 is 11.1 Å². The van der Waals surface area contributed by atoms with Crippen LogP contribution >= 0.6 is 11.6 Å². The lowest BCUT2D eigenvalue weighted by Crippen LogP contribution is -2.34. The molecule has 0 aliphatic rings. The monoisotopic (exact) mass is 323 g/mol. The van der Waals surface area contributed by atoms with Crippen LogP contribution in [0, 0.1) is 0 Å². The molecule has 2 amide bonds. The van der Waals surface area contributed by atoms with Crippen molar-refractivity contribution in [2.45, 2.75) is 4.90 Å². The molecule has 2 aromatic carbocycles. The lowest BCUT2D eigenvalue weighted by molar-refractivity contribution is 0.257. The molecule has 4 N–H and O–H groups in total. The summed E-state index contributed by atoms with van der Waals surface area (Å²) in [4.78, 5) is 12.2. The molecule has 5 nitrogen and oxygen atoms in total. The largest absolute Gasteiger partial charge is 0.399 e. The summed E-state index contributed by atoms with van der Waals surface area (Å²) < 4.78 is 14.8. The van der Waals surface area contributed by atoms with Crippen LogP contribution in [0.15, 0.2) is 53.4 Å². The number of rotatable bonds is 3. The van der Waals surface area contributed by atoms with Crippen LogP contribution in [-0.2, 0) is 9.71 Å². The first-order valence-electron chi connectivity index (χ1n) is 5.94. The Hall–Kier alpha value is -2.18. The van der Waals surface area contributed by atoms with Crippen LogP contribution in [-0.4, -0.2) is 16.1 Å². The van der Waals surface area contributed by atoms with E-state index in [0.717, 1.165) is 0 Å². The number of halogens is 1. The van der Waals surface area contributed by atoms with Gasteiger partial charge in [0.25, 0.3) is 0 Å². The summed E-state index contributed by atoms with van der Waals surface area (Å²) in [6, 6.07) is 12.2. The highest BCUT2D eigenvalue weighted by molar-refractivity contribution is 7.99. The maximum Gasteiger partial charge on any atom is 0.330 e. The molecule has 0 heterocycles. The summed E-state index contributed by atoms with van der Waals surface area (Å²) in [5, 5.41) is 3.11. The molecule has 0 aliphatic heterocycles. The molecule has 21 heavy (non-hydrogen) atoms. The highest BCUT2D eigenvalue weighted by atomic mass is 35.5. The molecular formula is C14H14ClN3O2S. The van der Waals surface area contributed by atoms with E-state index in [1.807, 2.05) is 0 Å². The van der Waals surface area contributed by atoms with Crippen molar-refractivity contribution in [3.05, 3.63) is 53.6 Å². The summed E-state index contributed by atoms with van der Waals surface area (Å²) in [5.41, 5.74) is 6.64. The second-order valence-corrected chi connectivity index (χ2v) is 6.77. The second-order valence-electron chi connectivity index (χ2n) is 4.31. The number of benzene rings is 2. The molecule has 110 valence electrons. The number of hydrogen-bond donors (Lipinski definition) is 3. The zero-order chi connectivity index (χ0) is 15.5. The number of nitrogens with one attached hydrogen (secondary N) is 2. The van der Waals surface area contributed by atoms with Crippen LogP contribution in [0.5, 0.6) is 0 Å². The summed E-state index contributed by atoms with van der Waals surface area (Å²) in [7, 11) is -2.95. The maximum absolute atomic E-state index is 12.4. The summed E-state index contributed by atoms with van der Waals surface area (Å²) in [6.45, 7) is 0. The van der Waals surface area contributed by atoms with Gasteiger partial charge in [0, 0.05) is 21.3 Å². The summed E-state index contributed by atoms with van der Waals surface area (Å²) in [5.74, 6) is 3.56. The van der Waals surface area contributed by atoms with Crippen molar-refractivity contribution in [1.29, 1.82) is 0 Å². The number of anilines is 2. The van der Waals surface area contributed by atoms with E-state index in [2.05, 4.69) is 15.9 Å². The average Bonchev–Trinajstić information content (AvgIpc) is 2.41. The van der Waals surface area contributed by atoms with Crippen LogP contribution in [0.1, 0.15) is 0 Å². The number of nitrogens with two attached hydrogens (primary N) is 1. The number of carbonyl (C=O) groups excluding carboxylic acids is 1. The van der Waals surface area contributed by atoms with E-state index in [9.17, 15) is 9.00 Å². The van der Waals surface area contributed by atoms with Crippen LogP contribution in [0.3, 0.4) is 0 Å². The topological polar surface area (TPSA) is 84.2 Å². The fourth-order valence-electron chi connectivity index (χ4n) is 1.59. The van der Waals surface area contributed by atoms with E-state index in [1.165, 1.54) is 0 Å². The van der Waals surface area contributed by atoms with Crippen LogP contribution < -0.4 is 15.8 Å². The Bertz CT molecular complexity index is 741. The van der Waals surface area contributed by atoms with Crippen molar-refractivity contribution in [2.75, 3.05) is 11.1 Å². The lowest BCUT2D eigenvalue weighted by Gasteiger charge is -2.12. The lowest BCUT2D eigenvalue weighted by atomic mass is 10.3. The third-order valence-corrected chi connectivity index (χ3v) is 4.42. The first kappa shape index (κ1) is 15.2. The van der Waals surface area contributed by atoms with Gasteiger partial charge in [0.1, 0.15) is 0 Å². The highest BCUT2D eigenvalue weighted by Crippen LogP contribution is 2.14. The Morgan fingerprint density at radius 1 is 1.10 bits per heavy atom. The second kappa shape index (κ2) is 6.07. The standard InChI is InChI=1S/C14H14ClN3O2S/c1-21(20,13-8-4-11(16)5-9-13)18-14(19)17-12-6-2-10(15)3-7-12/h2-9H,1,16H2,(H2,17,18,19,20). The molecule has 0 saturated carbocycles. The number of carbonyl (C=O) groups is 1. The summed E-state index contributed by atoms with van der Waals surface area (Å²) in [6.07, 6.45) is 0. The normalized spacial score (nSPS) is 13.2. The van der Waals surface area contributed by atoms with E-state index < -0.39 is 15.7 Å². The number of urea groups is 1. The number of amides is 2. The first-order chi connectivity index (χ1) is 9.87. The van der Waals surface area contributed by atoms with Gasteiger partial charge in [0.15, 0.2) is 0 Å². The molecule has 2 aromatic rings. The van der Waals surface area contributed by atoms with Gasteiger partial charge in [-0.25, -0.2) is 9.00 Å². The van der Waals surface area contributed by atoms with Crippen molar-refractivity contribution in [3.63, 3.8) is 0 Å². The quantitative estimate of drug-likeness (QED) is 0.600. The van der Waals surface area contributed by atoms with E-state index in [-0.39, 0.29) is 0 Å². The Morgan fingerprint density at radius 3 is 2.24 bits per heavy atom. The molecule has 7 heteroatoms. The SMILES string of the molecule is C=S(=O)(NC(=O)Nc1ccc(Cl)cc1)c1ccc(N)cc1. The molecule has 1 atom stereocenters. The Morgan fingerprint density at radius 2 is 1.67 bits per heavy atom. The van der Waals surface area contributed by atoms with Crippen molar-refractivity contribution in [3.8, 4) is 0 Å². The molecule has 0 spiro atoms. The zero-order valence-electron chi connectivity index (χ0n) is 11.0. The first-order valence-corrected chi connectivity index (χ1v) is 8.04. The third kappa shape index (κ3) is 4.14. The molecule has 0 saturated heterocycles. The van der Waals surface area contributed by atoms with Gasteiger partial charge in [-0.3, -0.25) is 4.72 Å². The Labute approximate surface area is 128 Å². The smallest absolute Gasteiger partial charge is 0.330 e. The molecule has 0 aromatic heterocycles. The Balaban J connectivity index is 2.07. The van der Waals surface area contributed by atoms with E-state index >= 15 is 0 Å². The predicted octanol–water partition coefficient (Wildman–Crippen LogP) is 2.73. The van der Waals surface area contributed by atoms with Crippen LogP contribution in [0.25, 0.3) is 0 Å². The van der Waals surface area contributed by atoms with Gasteiger partial charge in [-0.2, -0.15) is 0 Å². The van der Waals surface area contributed by atoms with Crippen molar-refractivity contribution in [1.82, 2.24) is 4.72 Å². The average molecular weight is 324 g/mol. The van der Waals surface area contributed by atoms with E-state index in [1.54, 1.807) is 48.5 Å². The van der Waals surface area contributed by atoms with E-state index in [0.29, 0.717) is 21.3 Å². The molecule has 2 rings (SSSR count). The molecule has 0 radical (unpaired) electrons. The third-order valence-electron chi connectivity index (χ3n) is 2.62. The Kier molecular flexibility index (Phi) is 4.40.